The van der Waals surface area contributed by atoms with Gasteiger partial charge in [0.25, 0.3) is 0 Å². The third-order valence-corrected chi connectivity index (χ3v) is 4.87. The molecule has 10 heteroatoms. The summed E-state index contributed by atoms with van der Waals surface area (Å²) < 4.78 is 66.5. The summed E-state index contributed by atoms with van der Waals surface area (Å²) in [6.45, 7) is 1.41. The number of aromatic nitrogens is 2. The molecule has 4 nitrogen and oxygen atoms in total. The van der Waals surface area contributed by atoms with Gasteiger partial charge in [-0.25, -0.2) is 18.7 Å². The van der Waals surface area contributed by atoms with Crippen molar-refractivity contribution >= 4 is 23.4 Å². The summed E-state index contributed by atoms with van der Waals surface area (Å²) in [6.07, 6.45) is -4.70. The highest BCUT2D eigenvalue weighted by molar-refractivity contribution is 8.00. The molecular weight excluding hydrogens is 425 g/mol. The summed E-state index contributed by atoms with van der Waals surface area (Å²) >= 11 is 0.688. The Hall–Kier alpha value is -3.01. The minimum atomic E-state index is -4.70. The lowest BCUT2D eigenvalue weighted by molar-refractivity contribution is -0.141. The lowest BCUT2D eigenvalue weighted by Crippen LogP contribution is -2.23. The Labute approximate surface area is 172 Å². The van der Waals surface area contributed by atoms with Gasteiger partial charge in [-0.05, 0) is 25.1 Å². The maximum atomic E-state index is 13.7. The number of alkyl halides is 3. The predicted octanol–water partition coefficient (Wildman–Crippen LogP) is 5.56. The maximum absolute atomic E-state index is 13.7. The van der Waals surface area contributed by atoms with Crippen LogP contribution >= 0.6 is 11.8 Å². The number of amides is 1. The second kappa shape index (κ2) is 8.78. The van der Waals surface area contributed by atoms with E-state index in [1.54, 1.807) is 30.3 Å². The van der Waals surface area contributed by atoms with Gasteiger partial charge in [-0.1, -0.05) is 42.1 Å². The molecule has 0 bridgehead atoms. The summed E-state index contributed by atoms with van der Waals surface area (Å²) in [5.41, 5.74) is -0.879. The zero-order valence-corrected chi connectivity index (χ0v) is 16.2. The standard InChI is InChI=1S/C20H14F5N3OS/c1-11(18(29)26-15-8-7-13(21)9-14(15)22)30-19-27-16(12-5-3-2-4-6-12)10-17(28-19)20(23,24)25/h2-11H,1H3,(H,26,29)/t11-/m0/s1. The number of anilines is 1. The van der Waals surface area contributed by atoms with Crippen molar-refractivity contribution in [3.05, 3.63) is 71.9 Å². The van der Waals surface area contributed by atoms with Crippen LogP contribution in [0.4, 0.5) is 27.6 Å². The molecule has 0 spiro atoms. The van der Waals surface area contributed by atoms with Gasteiger partial charge in [0.2, 0.25) is 5.91 Å². The normalized spacial score (nSPS) is 12.5. The Bertz CT molecular complexity index is 1060. The molecule has 0 fully saturated rings. The van der Waals surface area contributed by atoms with Gasteiger partial charge in [0.15, 0.2) is 5.16 Å². The Kier molecular flexibility index (Phi) is 6.35. The Morgan fingerprint density at radius 2 is 1.73 bits per heavy atom. The predicted molar refractivity (Wildman–Crippen MR) is 103 cm³/mol. The first-order valence-electron chi connectivity index (χ1n) is 8.58. The quantitative estimate of drug-likeness (QED) is 0.321. The van der Waals surface area contributed by atoms with E-state index in [-0.39, 0.29) is 16.5 Å². The molecule has 0 aliphatic heterocycles. The van der Waals surface area contributed by atoms with E-state index in [9.17, 15) is 26.7 Å². The van der Waals surface area contributed by atoms with Crippen LogP contribution in [-0.4, -0.2) is 21.1 Å². The van der Waals surface area contributed by atoms with E-state index < -0.39 is 34.7 Å². The molecule has 2 aromatic carbocycles. The molecule has 1 amide bonds. The molecule has 3 rings (SSSR count). The minimum absolute atomic E-state index is 0.0533. The Balaban J connectivity index is 1.84. The van der Waals surface area contributed by atoms with Gasteiger partial charge in [0.05, 0.1) is 16.6 Å². The Morgan fingerprint density at radius 1 is 1.03 bits per heavy atom. The number of hydrogen-bond acceptors (Lipinski definition) is 4. The molecule has 156 valence electrons. The first-order valence-corrected chi connectivity index (χ1v) is 9.46. The fourth-order valence-electron chi connectivity index (χ4n) is 2.42. The van der Waals surface area contributed by atoms with Crippen LogP contribution < -0.4 is 5.32 Å². The number of benzene rings is 2. The summed E-state index contributed by atoms with van der Waals surface area (Å²) in [5, 5.41) is 1.05. The van der Waals surface area contributed by atoms with Gasteiger partial charge in [-0.3, -0.25) is 4.79 Å². The van der Waals surface area contributed by atoms with Crippen molar-refractivity contribution in [2.24, 2.45) is 0 Å². The number of carbonyl (C=O) groups is 1. The van der Waals surface area contributed by atoms with Gasteiger partial charge < -0.3 is 5.32 Å². The van der Waals surface area contributed by atoms with Crippen molar-refractivity contribution in [1.29, 1.82) is 0 Å². The van der Waals surface area contributed by atoms with Crippen molar-refractivity contribution in [2.45, 2.75) is 23.5 Å². The van der Waals surface area contributed by atoms with E-state index in [1.807, 2.05) is 0 Å². The van der Waals surface area contributed by atoms with Crippen molar-refractivity contribution in [2.75, 3.05) is 5.32 Å². The number of thioether (sulfide) groups is 1. The second-order valence-corrected chi connectivity index (χ2v) is 7.47. The molecule has 0 saturated carbocycles. The molecule has 3 aromatic rings. The highest BCUT2D eigenvalue weighted by atomic mass is 32.2. The first kappa shape index (κ1) is 21.7. The number of carbonyl (C=O) groups excluding carboxylic acids is 1. The van der Waals surface area contributed by atoms with Crippen molar-refractivity contribution < 1.29 is 26.7 Å². The lowest BCUT2D eigenvalue weighted by atomic mass is 10.1. The van der Waals surface area contributed by atoms with Crippen LogP contribution in [0.5, 0.6) is 0 Å². The molecular formula is C20H14F5N3OS. The Morgan fingerprint density at radius 3 is 2.37 bits per heavy atom. The maximum Gasteiger partial charge on any atom is 0.433 e. The number of nitrogens with one attached hydrogen (secondary N) is 1. The van der Waals surface area contributed by atoms with Crippen molar-refractivity contribution in [3.8, 4) is 11.3 Å². The SMILES string of the molecule is C[C@H](Sc1nc(-c2ccccc2)cc(C(F)(F)F)n1)C(=O)Nc1ccc(F)cc1F. The van der Waals surface area contributed by atoms with Gasteiger partial charge in [0.1, 0.15) is 17.3 Å². The fraction of sp³-hybridized carbons (Fsp3) is 0.150. The molecule has 0 radical (unpaired) electrons. The molecule has 0 saturated heterocycles. The van der Waals surface area contributed by atoms with Crippen LogP contribution in [0.25, 0.3) is 11.3 Å². The first-order chi connectivity index (χ1) is 14.1. The summed E-state index contributed by atoms with van der Waals surface area (Å²) in [7, 11) is 0. The molecule has 30 heavy (non-hydrogen) atoms. The lowest BCUT2D eigenvalue weighted by Gasteiger charge is -2.14. The average Bonchev–Trinajstić information content (AvgIpc) is 2.69. The number of halogens is 5. The van der Waals surface area contributed by atoms with Gasteiger partial charge >= 0.3 is 6.18 Å². The van der Waals surface area contributed by atoms with E-state index in [1.165, 1.54) is 6.92 Å². The highest BCUT2D eigenvalue weighted by Crippen LogP contribution is 2.33. The summed E-state index contributed by atoms with van der Waals surface area (Å²) in [6, 6.07) is 11.7. The molecule has 1 heterocycles. The van der Waals surface area contributed by atoms with E-state index >= 15 is 0 Å². The average molecular weight is 439 g/mol. The van der Waals surface area contributed by atoms with Gasteiger partial charge in [-0.15, -0.1) is 0 Å². The van der Waals surface area contributed by atoms with Crippen LogP contribution in [0.2, 0.25) is 0 Å². The van der Waals surface area contributed by atoms with E-state index in [0.29, 0.717) is 23.4 Å². The van der Waals surface area contributed by atoms with Crippen LogP contribution in [-0.2, 0) is 11.0 Å². The van der Waals surface area contributed by atoms with Crippen molar-refractivity contribution in [1.82, 2.24) is 9.97 Å². The zero-order chi connectivity index (χ0) is 21.9. The summed E-state index contributed by atoms with van der Waals surface area (Å²) in [5.74, 6) is -2.48. The van der Waals surface area contributed by atoms with Crippen LogP contribution in [0.3, 0.4) is 0 Å². The highest BCUT2D eigenvalue weighted by Gasteiger charge is 2.34. The smallest absolute Gasteiger partial charge is 0.323 e. The number of nitrogens with zero attached hydrogens (tertiary/aromatic N) is 2. The van der Waals surface area contributed by atoms with Gasteiger partial charge in [0, 0.05) is 11.6 Å². The molecule has 1 N–H and O–H groups in total. The monoisotopic (exact) mass is 439 g/mol. The molecule has 0 aliphatic carbocycles. The number of hydrogen-bond donors (Lipinski definition) is 1. The van der Waals surface area contributed by atoms with E-state index in [4.69, 9.17) is 0 Å². The van der Waals surface area contributed by atoms with Crippen LogP contribution in [0, 0.1) is 11.6 Å². The van der Waals surface area contributed by atoms with Gasteiger partial charge in [-0.2, -0.15) is 13.2 Å². The largest absolute Gasteiger partial charge is 0.433 e. The van der Waals surface area contributed by atoms with E-state index in [0.717, 1.165) is 18.2 Å². The van der Waals surface area contributed by atoms with Crippen molar-refractivity contribution in [3.63, 3.8) is 0 Å². The molecule has 1 aromatic heterocycles. The molecule has 1 atom stereocenters. The number of rotatable bonds is 5. The third-order valence-electron chi connectivity index (χ3n) is 3.91. The third kappa shape index (κ3) is 5.32. The topological polar surface area (TPSA) is 54.9 Å². The van der Waals surface area contributed by atoms with E-state index in [2.05, 4.69) is 15.3 Å². The van der Waals surface area contributed by atoms with Crippen LogP contribution in [0.1, 0.15) is 12.6 Å². The van der Waals surface area contributed by atoms with Crippen LogP contribution in [0.15, 0.2) is 59.8 Å². The zero-order valence-electron chi connectivity index (χ0n) is 15.4. The molecule has 0 unspecified atom stereocenters. The second-order valence-electron chi connectivity index (χ2n) is 6.16. The molecule has 0 aliphatic rings. The fourth-order valence-corrected chi connectivity index (χ4v) is 3.20. The minimum Gasteiger partial charge on any atom is -0.323 e. The summed E-state index contributed by atoms with van der Waals surface area (Å²) in [4.78, 5) is 20.0.